The van der Waals surface area contributed by atoms with E-state index < -0.39 is 11.1 Å². The molecular formula is C15H14N5NaO3. The molecule has 0 saturated heterocycles. The van der Waals surface area contributed by atoms with Crippen LogP contribution >= 0.6 is 0 Å². The molecule has 1 aromatic carbocycles. The molecule has 118 valence electrons. The van der Waals surface area contributed by atoms with Crippen molar-refractivity contribution in [2.45, 2.75) is 6.42 Å². The van der Waals surface area contributed by atoms with E-state index in [0.717, 1.165) is 16.6 Å². The minimum absolute atomic E-state index is 0. The van der Waals surface area contributed by atoms with Gasteiger partial charge in [0, 0.05) is 13.6 Å². The third-order valence-electron chi connectivity index (χ3n) is 3.54. The number of nitrogens with zero attached hydrogens (tertiary/aromatic N) is 4. The summed E-state index contributed by atoms with van der Waals surface area (Å²) in [5.74, 6) is 0.230. The summed E-state index contributed by atoms with van der Waals surface area (Å²) in [4.78, 5) is 31.3. The van der Waals surface area contributed by atoms with Crippen LogP contribution < -0.4 is 46.0 Å². The molecule has 1 N–H and O–H groups in total. The molecule has 0 amide bonds. The van der Waals surface area contributed by atoms with Crippen LogP contribution in [-0.2, 0) is 13.5 Å². The number of anilines is 1. The molecule has 24 heavy (non-hydrogen) atoms. The molecule has 0 unspecified atom stereocenters. The van der Waals surface area contributed by atoms with E-state index in [9.17, 15) is 14.8 Å². The molecule has 9 heteroatoms. The Kier molecular flexibility index (Phi) is 5.76. The summed E-state index contributed by atoms with van der Waals surface area (Å²) in [5, 5.41) is 15.1. The normalized spacial score (nSPS) is 10.4. The van der Waals surface area contributed by atoms with Crippen molar-refractivity contribution in [2.75, 3.05) is 11.9 Å². The third kappa shape index (κ3) is 3.35. The van der Waals surface area contributed by atoms with Gasteiger partial charge in [0.2, 0.25) is 0 Å². The molecule has 0 atom stereocenters. The minimum atomic E-state index is -1.15. The number of hydrogen-bond donors (Lipinski definition) is 1. The maximum absolute atomic E-state index is 12.0. The van der Waals surface area contributed by atoms with Gasteiger partial charge in [-0.25, -0.2) is 9.97 Å². The van der Waals surface area contributed by atoms with E-state index in [1.54, 1.807) is 0 Å². The zero-order valence-corrected chi connectivity index (χ0v) is 15.4. The van der Waals surface area contributed by atoms with Gasteiger partial charge in [-0.1, -0.05) is 30.3 Å². The molecule has 0 aliphatic heterocycles. The maximum Gasteiger partial charge on any atom is 1.00 e. The molecule has 8 nitrogen and oxygen atoms in total. The van der Waals surface area contributed by atoms with E-state index in [1.165, 1.54) is 13.4 Å². The second-order valence-corrected chi connectivity index (χ2v) is 5.02. The van der Waals surface area contributed by atoms with Gasteiger partial charge in [0.25, 0.3) is 0 Å². The Morgan fingerprint density at radius 3 is 2.54 bits per heavy atom. The number of rotatable bonds is 4. The summed E-state index contributed by atoms with van der Waals surface area (Å²) >= 11 is 0. The smallest absolute Gasteiger partial charge is 0.803 e. The van der Waals surface area contributed by atoms with Crippen molar-refractivity contribution in [3.63, 3.8) is 0 Å². The van der Waals surface area contributed by atoms with E-state index in [1.807, 2.05) is 30.3 Å². The SMILES string of the molecule is Cn1c(=O)c(=O)n([O-])c2c(NCCc3ccccc3)ncnc21.[Na+]. The Morgan fingerprint density at radius 1 is 1.12 bits per heavy atom. The first kappa shape index (κ1) is 18.2. The third-order valence-corrected chi connectivity index (χ3v) is 3.54. The molecule has 3 rings (SSSR count). The number of fused-ring (bicyclic) bond motifs is 1. The first-order valence-electron chi connectivity index (χ1n) is 7.01. The summed E-state index contributed by atoms with van der Waals surface area (Å²) in [6, 6.07) is 9.81. The van der Waals surface area contributed by atoms with Gasteiger partial charge in [0.1, 0.15) is 11.8 Å². The quantitative estimate of drug-likeness (QED) is 0.417. The van der Waals surface area contributed by atoms with Gasteiger partial charge < -0.3 is 15.3 Å². The van der Waals surface area contributed by atoms with E-state index in [2.05, 4.69) is 15.3 Å². The Morgan fingerprint density at radius 2 is 1.83 bits per heavy atom. The summed E-state index contributed by atoms with van der Waals surface area (Å²) in [6.45, 7) is 0.521. The molecule has 3 aromatic rings. The minimum Gasteiger partial charge on any atom is -0.803 e. The van der Waals surface area contributed by atoms with E-state index >= 15 is 0 Å². The average Bonchev–Trinajstić information content (AvgIpc) is 2.59. The first-order valence-corrected chi connectivity index (χ1v) is 7.01. The van der Waals surface area contributed by atoms with Gasteiger partial charge in [-0.05, 0) is 12.0 Å². The van der Waals surface area contributed by atoms with Gasteiger partial charge in [-0.3, -0.25) is 14.2 Å². The molecule has 0 radical (unpaired) electrons. The number of nitrogens with one attached hydrogen (secondary N) is 1. The zero-order chi connectivity index (χ0) is 16.4. The molecular weight excluding hydrogens is 321 g/mol. The molecule has 0 spiro atoms. The Hall–Kier alpha value is -2.16. The Labute approximate surface area is 159 Å². The summed E-state index contributed by atoms with van der Waals surface area (Å²) in [7, 11) is 1.40. The topological polar surface area (TPSA) is 105 Å². The second kappa shape index (κ2) is 7.61. The van der Waals surface area contributed by atoms with Crippen LogP contribution in [0.15, 0.2) is 46.2 Å². The van der Waals surface area contributed by atoms with E-state index in [-0.39, 0.29) is 51.3 Å². The van der Waals surface area contributed by atoms with Crippen molar-refractivity contribution in [2.24, 2.45) is 7.05 Å². The van der Waals surface area contributed by atoms with E-state index in [4.69, 9.17) is 0 Å². The monoisotopic (exact) mass is 335 g/mol. The van der Waals surface area contributed by atoms with Crippen LogP contribution in [0, 0.1) is 5.21 Å². The second-order valence-electron chi connectivity index (χ2n) is 5.02. The molecule has 0 aliphatic rings. The standard InChI is InChI=1S/C15H14N5O3.Na/c1-19-13-11(20(23)15(22)14(19)21)12(17-9-18-13)16-8-7-10-5-3-2-4-6-10;/h2-6,9H,7-8H2,1H3,(H,16,17,18);/q-1;+1. The number of aryl methyl sites for hydroxylation is 1. The number of benzene rings is 1. The van der Waals surface area contributed by atoms with Gasteiger partial charge >= 0.3 is 40.7 Å². The zero-order valence-electron chi connectivity index (χ0n) is 13.4. The van der Waals surface area contributed by atoms with Crippen LogP contribution in [0.1, 0.15) is 5.56 Å². The van der Waals surface area contributed by atoms with Gasteiger partial charge in [-0.15, -0.1) is 0 Å². The van der Waals surface area contributed by atoms with Gasteiger partial charge in [0.15, 0.2) is 11.5 Å². The van der Waals surface area contributed by atoms with Crippen LogP contribution in [0.3, 0.4) is 0 Å². The molecule has 0 bridgehead atoms. The Bertz CT molecular complexity index is 968. The average molecular weight is 335 g/mol. The van der Waals surface area contributed by atoms with Crippen molar-refractivity contribution >= 4 is 17.0 Å². The van der Waals surface area contributed by atoms with Crippen molar-refractivity contribution in [1.82, 2.24) is 19.3 Å². The fraction of sp³-hybridized carbons (Fsp3) is 0.200. The van der Waals surface area contributed by atoms with Crippen LogP contribution in [0.25, 0.3) is 11.2 Å². The predicted molar refractivity (Wildman–Crippen MR) is 86.4 cm³/mol. The van der Waals surface area contributed by atoms with Crippen molar-refractivity contribution in [1.29, 1.82) is 0 Å². The molecule has 2 heterocycles. The fourth-order valence-electron chi connectivity index (χ4n) is 2.33. The van der Waals surface area contributed by atoms with Crippen molar-refractivity contribution in [3.05, 3.63) is 68.1 Å². The predicted octanol–water partition coefficient (Wildman–Crippen LogP) is -2.51. The molecule has 0 saturated carbocycles. The van der Waals surface area contributed by atoms with Crippen LogP contribution in [0.4, 0.5) is 5.82 Å². The molecule has 2 aromatic heterocycles. The van der Waals surface area contributed by atoms with Crippen LogP contribution in [-0.4, -0.2) is 25.8 Å². The van der Waals surface area contributed by atoms with Crippen molar-refractivity contribution < 1.29 is 29.6 Å². The maximum atomic E-state index is 12.0. The Balaban J connectivity index is 0.00000208. The number of hydrogen-bond acceptors (Lipinski definition) is 6. The van der Waals surface area contributed by atoms with Crippen LogP contribution in [0.2, 0.25) is 0 Å². The largest absolute Gasteiger partial charge is 1.00 e. The van der Waals surface area contributed by atoms with Gasteiger partial charge in [-0.2, -0.15) is 0 Å². The summed E-state index contributed by atoms with van der Waals surface area (Å²) in [5.41, 5.74) is -0.859. The van der Waals surface area contributed by atoms with E-state index in [0.29, 0.717) is 6.54 Å². The first-order chi connectivity index (χ1) is 11.1. The summed E-state index contributed by atoms with van der Waals surface area (Å²) < 4.78 is 1.10. The van der Waals surface area contributed by atoms with Crippen LogP contribution in [0.5, 0.6) is 0 Å². The summed E-state index contributed by atoms with van der Waals surface area (Å²) in [6.07, 6.45) is 1.97. The fourth-order valence-corrected chi connectivity index (χ4v) is 2.33. The molecule has 0 aliphatic carbocycles. The van der Waals surface area contributed by atoms with Crippen molar-refractivity contribution in [3.8, 4) is 0 Å². The molecule has 0 fully saturated rings. The van der Waals surface area contributed by atoms with Gasteiger partial charge in [0.05, 0.1) is 0 Å². The number of aromatic nitrogens is 4.